The molecule has 170 valence electrons. The van der Waals surface area contributed by atoms with E-state index in [0.29, 0.717) is 44.6 Å². The lowest BCUT2D eigenvalue weighted by Gasteiger charge is -2.15. The SMILES string of the molecule is Cn1ccnc1CNCc1ccc(C(=O)NC(CCCNCc2ncc[nH]2)C(=O)O)cc1. The molecule has 32 heavy (non-hydrogen) atoms. The number of imidazole rings is 2. The fourth-order valence-electron chi connectivity index (χ4n) is 3.19. The third-order valence-electron chi connectivity index (χ3n) is 5.05. The monoisotopic (exact) mass is 439 g/mol. The summed E-state index contributed by atoms with van der Waals surface area (Å²) < 4.78 is 1.95. The van der Waals surface area contributed by atoms with E-state index >= 15 is 0 Å². The van der Waals surface area contributed by atoms with Gasteiger partial charge in [-0.3, -0.25) is 4.79 Å². The molecule has 0 aliphatic carbocycles. The van der Waals surface area contributed by atoms with Gasteiger partial charge < -0.3 is 30.6 Å². The minimum atomic E-state index is -1.04. The molecule has 0 spiro atoms. The molecular formula is C22H29N7O3. The van der Waals surface area contributed by atoms with Crippen molar-refractivity contribution >= 4 is 11.9 Å². The number of nitrogens with one attached hydrogen (secondary N) is 4. The Morgan fingerprint density at radius 1 is 1.09 bits per heavy atom. The fourth-order valence-corrected chi connectivity index (χ4v) is 3.19. The van der Waals surface area contributed by atoms with Crippen LogP contribution in [-0.2, 0) is 31.5 Å². The number of carbonyl (C=O) groups is 2. The lowest BCUT2D eigenvalue weighted by molar-refractivity contribution is -0.139. The highest BCUT2D eigenvalue weighted by Gasteiger charge is 2.20. The highest BCUT2D eigenvalue weighted by Crippen LogP contribution is 2.07. The summed E-state index contributed by atoms with van der Waals surface area (Å²) in [6, 6.07) is 6.18. The summed E-state index contributed by atoms with van der Waals surface area (Å²) in [7, 11) is 1.94. The summed E-state index contributed by atoms with van der Waals surface area (Å²) in [4.78, 5) is 35.4. The third-order valence-corrected chi connectivity index (χ3v) is 5.05. The van der Waals surface area contributed by atoms with Crippen LogP contribution in [-0.4, -0.2) is 49.1 Å². The number of nitrogens with zero attached hydrogens (tertiary/aromatic N) is 3. The highest BCUT2D eigenvalue weighted by atomic mass is 16.4. The molecule has 1 unspecified atom stereocenters. The maximum Gasteiger partial charge on any atom is 0.326 e. The summed E-state index contributed by atoms with van der Waals surface area (Å²) in [6.07, 6.45) is 8.02. The molecule has 10 nitrogen and oxygen atoms in total. The Bertz CT molecular complexity index is 983. The number of carboxylic acid groups (broad SMARTS) is 1. The number of aromatic nitrogens is 4. The molecule has 5 N–H and O–H groups in total. The number of aliphatic carboxylic acids is 1. The smallest absolute Gasteiger partial charge is 0.326 e. The van der Waals surface area contributed by atoms with Crippen molar-refractivity contribution in [1.82, 2.24) is 35.5 Å². The number of H-pyrrole nitrogens is 1. The summed E-state index contributed by atoms with van der Waals surface area (Å²) in [5, 5.41) is 18.6. The van der Waals surface area contributed by atoms with Gasteiger partial charge in [0.15, 0.2) is 0 Å². The van der Waals surface area contributed by atoms with E-state index in [1.807, 2.05) is 29.9 Å². The Hall–Kier alpha value is -3.50. The van der Waals surface area contributed by atoms with E-state index in [1.54, 1.807) is 30.7 Å². The van der Waals surface area contributed by atoms with E-state index in [0.717, 1.165) is 17.2 Å². The Kier molecular flexibility index (Phi) is 8.52. The zero-order valence-electron chi connectivity index (χ0n) is 18.0. The molecule has 2 heterocycles. The van der Waals surface area contributed by atoms with Crippen LogP contribution in [0.4, 0.5) is 0 Å². The second kappa shape index (κ2) is 11.8. The molecule has 3 rings (SSSR count). The predicted molar refractivity (Wildman–Crippen MR) is 119 cm³/mol. The number of rotatable bonds is 13. The maximum atomic E-state index is 12.5. The Morgan fingerprint density at radius 2 is 1.91 bits per heavy atom. The van der Waals surface area contributed by atoms with Crippen LogP contribution in [0, 0.1) is 0 Å². The van der Waals surface area contributed by atoms with E-state index in [4.69, 9.17) is 0 Å². The van der Waals surface area contributed by atoms with E-state index in [2.05, 4.69) is 30.9 Å². The van der Waals surface area contributed by atoms with Crippen LogP contribution in [0.1, 0.15) is 40.4 Å². The van der Waals surface area contributed by atoms with Gasteiger partial charge in [0.25, 0.3) is 5.91 Å². The van der Waals surface area contributed by atoms with Gasteiger partial charge in [-0.1, -0.05) is 12.1 Å². The van der Waals surface area contributed by atoms with Crippen molar-refractivity contribution in [2.45, 2.75) is 38.5 Å². The first-order valence-corrected chi connectivity index (χ1v) is 10.5. The molecule has 1 amide bonds. The van der Waals surface area contributed by atoms with Crippen LogP contribution in [0.3, 0.4) is 0 Å². The Morgan fingerprint density at radius 3 is 2.56 bits per heavy atom. The van der Waals surface area contributed by atoms with Crippen molar-refractivity contribution in [3.05, 3.63) is 71.8 Å². The lowest BCUT2D eigenvalue weighted by Crippen LogP contribution is -2.41. The number of amides is 1. The van der Waals surface area contributed by atoms with Gasteiger partial charge in [0, 0.05) is 43.9 Å². The van der Waals surface area contributed by atoms with Crippen LogP contribution in [0.2, 0.25) is 0 Å². The summed E-state index contributed by atoms with van der Waals surface area (Å²) in [5.74, 6) is 0.327. The summed E-state index contributed by atoms with van der Waals surface area (Å²) >= 11 is 0. The number of hydrogen-bond donors (Lipinski definition) is 5. The van der Waals surface area contributed by atoms with Gasteiger partial charge in [-0.25, -0.2) is 14.8 Å². The minimum absolute atomic E-state index is 0.335. The molecule has 2 aromatic heterocycles. The number of hydrogen-bond acceptors (Lipinski definition) is 6. The topological polar surface area (TPSA) is 137 Å². The van der Waals surface area contributed by atoms with Gasteiger partial charge >= 0.3 is 5.97 Å². The second-order valence-electron chi connectivity index (χ2n) is 7.47. The number of benzene rings is 1. The molecule has 0 radical (unpaired) electrons. The van der Waals surface area contributed by atoms with Crippen LogP contribution in [0.5, 0.6) is 0 Å². The Balaban J connectivity index is 1.40. The standard InChI is InChI=1S/C22H29N7O3/c1-29-12-11-27-20(29)15-24-13-16-4-6-17(7-5-16)21(30)28-18(22(31)32)3-2-8-23-14-19-25-9-10-26-19/h4-7,9-12,18,23-24H,2-3,8,13-15H2,1H3,(H,25,26)(H,28,30)(H,31,32). The van der Waals surface area contributed by atoms with Crippen molar-refractivity contribution in [3.8, 4) is 0 Å². The molecule has 0 fully saturated rings. The highest BCUT2D eigenvalue weighted by molar-refractivity contribution is 5.96. The van der Waals surface area contributed by atoms with Gasteiger partial charge in [-0.05, 0) is 37.1 Å². The molecule has 10 heteroatoms. The van der Waals surface area contributed by atoms with Gasteiger partial charge in [0.1, 0.15) is 17.7 Å². The molecule has 1 atom stereocenters. The average Bonchev–Trinajstić information content (AvgIpc) is 3.45. The van der Waals surface area contributed by atoms with Crippen molar-refractivity contribution in [2.75, 3.05) is 6.54 Å². The normalized spacial score (nSPS) is 11.9. The first kappa shape index (κ1) is 23.2. The molecule has 0 saturated carbocycles. The van der Waals surface area contributed by atoms with E-state index < -0.39 is 17.9 Å². The quantitative estimate of drug-likeness (QED) is 0.252. The van der Waals surface area contributed by atoms with Crippen LogP contribution in [0.15, 0.2) is 49.1 Å². The van der Waals surface area contributed by atoms with Crippen molar-refractivity contribution in [3.63, 3.8) is 0 Å². The van der Waals surface area contributed by atoms with Crippen molar-refractivity contribution in [2.24, 2.45) is 7.05 Å². The number of carbonyl (C=O) groups excluding carboxylic acids is 1. The zero-order chi connectivity index (χ0) is 22.8. The number of aryl methyl sites for hydroxylation is 1. The van der Waals surface area contributed by atoms with Gasteiger partial charge in [0.2, 0.25) is 0 Å². The van der Waals surface area contributed by atoms with Crippen LogP contribution >= 0.6 is 0 Å². The van der Waals surface area contributed by atoms with Crippen LogP contribution in [0.25, 0.3) is 0 Å². The molecule has 0 aliphatic heterocycles. The Labute approximate surface area is 186 Å². The van der Waals surface area contributed by atoms with Crippen molar-refractivity contribution < 1.29 is 14.7 Å². The molecule has 1 aromatic carbocycles. The molecular weight excluding hydrogens is 410 g/mol. The second-order valence-corrected chi connectivity index (χ2v) is 7.47. The predicted octanol–water partition coefficient (Wildman–Crippen LogP) is 1.19. The van der Waals surface area contributed by atoms with E-state index in [9.17, 15) is 14.7 Å². The molecule has 3 aromatic rings. The summed E-state index contributed by atoms with van der Waals surface area (Å²) in [6.45, 7) is 2.49. The number of aromatic amines is 1. The average molecular weight is 440 g/mol. The largest absolute Gasteiger partial charge is 0.480 e. The minimum Gasteiger partial charge on any atom is -0.480 e. The third kappa shape index (κ3) is 7.03. The van der Waals surface area contributed by atoms with E-state index in [-0.39, 0.29) is 0 Å². The maximum absolute atomic E-state index is 12.5. The van der Waals surface area contributed by atoms with Gasteiger partial charge in [-0.2, -0.15) is 0 Å². The molecule has 0 bridgehead atoms. The number of carboxylic acids is 1. The summed E-state index contributed by atoms with van der Waals surface area (Å²) in [5.41, 5.74) is 1.45. The molecule has 0 saturated heterocycles. The molecule has 0 aliphatic rings. The zero-order valence-corrected chi connectivity index (χ0v) is 18.0. The first-order valence-electron chi connectivity index (χ1n) is 10.5. The van der Waals surface area contributed by atoms with Crippen LogP contribution < -0.4 is 16.0 Å². The fraction of sp³-hybridized carbons (Fsp3) is 0.364. The van der Waals surface area contributed by atoms with E-state index in [1.165, 1.54) is 0 Å². The lowest BCUT2D eigenvalue weighted by atomic mass is 10.1. The first-order chi connectivity index (χ1) is 15.5. The van der Waals surface area contributed by atoms with Gasteiger partial charge in [-0.15, -0.1) is 0 Å². The van der Waals surface area contributed by atoms with Gasteiger partial charge in [0.05, 0.1) is 13.1 Å². The van der Waals surface area contributed by atoms with Crippen molar-refractivity contribution in [1.29, 1.82) is 0 Å².